The quantitative estimate of drug-likeness (QED) is 0.421. The Morgan fingerprint density at radius 2 is 2.12 bits per heavy atom. The molecule has 0 saturated carbocycles. The molecule has 2 unspecified atom stereocenters. The fraction of sp³-hybridized carbons (Fsp3) is 0.750. The van der Waals surface area contributed by atoms with E-state index in [1.807, 2.05) is 12.1 Å². The van der Waals surface area contributed by atoms with Crippen molar-refractivity contribution in [3.8, 4) is 0 Å². The van der Waals surface area contributed by atoms with E-state index in [-0.39, 0.29) is 11.5 Å². The van der Waals surface area contributed by atoms with Gasteiger partial charge in [-0.25, -0.2) is 0 Å². The number of nitrogens with one attached hydrogen (secondary N) is 2. The smallest absolute Gasteiger partial charge is 0.191 e. The van der Waals surface area contributed by atoms with Gasteiger partial charge >= 0.3 is 0 Å². The molecule has 1 aliphatic rings. The van der Waals surface area contributed by atoms with Crippen molar-refractivity contribution in [1.29, 1.82) is 0 Å². The van der Waals surface area contributed by atoms with Crippen molar-refractivity contribution in [2.45, 2.75) is 46.1 Å². The minimum absolute atomic E-state index is 0.136. The van der Waals surface area contributed by atoms with Gasteiger partial charge in [0, 0.05) is 45.7 Å². The van der Waals surface area contributed by atoms with E-state index in [9.17, 15) is 0 Å². The molecule has 2 N–H and O–H groups in total. The fourth-order valence-electron chi connectivity index (χ4n) is 3.40. The molecular formula is C20H35N3O3. The highest BCUT2D eigenvalue weighted by Gasteiger charge is 2.35. The van der Waals surface area contributed by atoms with E-state index in [2.05, 4.69) is 31.4 Å². The Kier molecular flexibility index (Phi) is 8.45. The van der Waals surface area contributed by atoms with Crippen LogP contribution in [0.3, 0.4) is 0 Å². The van der Waals surface area contributed by atoms with Gasteiger partial charge in [-0.3, -0.25) is 4.99 Å². The zero-order chi connectivity index (χ0) is 18.8. The SMILES string of the molecule is COCCNC(=NCC1CCCOC1C(C)(C)C)NCCc1ccco1. The Morgan fingerprint density at radius 1 is 1.31 bits per heavy atom. The van der Waals surface area contributed by atoms with Crippen molar-refractivity contribution in [3.63, 3.8) is 0 Å². The van der Waals surface area contributed by atoms with Crippen molar-refractivity contribution < 1.29 is 13.9 Å². The summed E-state index contributed by atoms with van der Waals surface area (Å²) in [5.41, 5.74) is 0.136. The summed E-state index contributed by atoms with van der Waals surface area (Å²) in [7, 11) is 1.70. The average molecular weight is 366 g/mol. The summed E-state index contributed by atoms with van der Waals surface area (Å²) in [6, 6.07) is 3.90. The van der Waals surface area contributed by atoms with Gasteiger partial charge in [0.2, 0.25) is 0 Å². The topological polar surface area (TPSA) is 68.0 Å². The second kappa shape index (κ2) is 10.6. The minimum atomic E-state index is 0.136. The summed E-state index contributed by atoms with van der Waals surface area (Å²) < 4.78 is 16.6. The van der Waals surface area contributed by atoms with Crippen LogP contribution in [0.5, 0.6) is 0 Å². The third-order valence-corrected chi connectivity index (χ3v) is 4.62. The lowest BCUT2D eigenvalue weighted by Gasteiger charge is -2.39. The Morgan fingerprint density at radius 3 is 2.81 bits per heavy atom. The van der Waals surface area contributed by atoms with E-state index in [1.165, 1.54) is 6.42 Å². The Hall–Kier alpha value is -1.53. The van der Waals surface area contributed by atoms with E-state index in [0.29, 0.717) is 12.5 Å². The first-order chi connectivity index (χ1) is 12.5. The predicted molar refractivity (Wildman–Crippen MR) is 105 cm³/mol. The molecule has 2 atom stereocenters. The van der Waals surface area contributed by atoms with Gasteiger partial charge in [-0.2, -0.15) is 0 Å². The zero-order valence-electron chi connectivity index (χ0n) is 16.7. The molecule has 1 aromatic rings. The molecule has 148 valence electrons. The van der Waals surface area contributed by atoms with E-state index < -0.39 is 0 Å². The number of ether oxygens (including phenoxy) is 2. The van der Waals surface area contributed by atoms with Gasteiger partial charge < -0.3 is 24.5 Å². The number of hydrogen-bond acceptors (Lipinski definition) is 4. The number of nitrogens with zero attached hydrogens (tertiary/aromatic N) is 1. The molecule has 26 heavy (non-hydrogen) atoms. The van der Waals surface area contributed by atoms with Crippen LogP contribution in [0.1, 0.15) is 39.4 Å². The monoisotopic (exact) mass is 365 g/mol. The van der Waals surface area contributed by atoms with Gasteiger partial charge in [-0.15, -0.1) is 0 Å². The van der Waals surface area contributed by atoms with Gasteiger partial charge in [-0.05, 0) is 30.4 Å². The average Bonchev–Trinajstić information content (AvgIpc) is 3.12. The molecule has 1 fully saturated rings. The number of rotatable bonds is 8. The summed E-state index contributed by atoms with van der Waals surface area (Å²) in [5, 5.41) is 6.73. The van der Waals surface area contributed by atoms with E-state index in [0.717, 1.165) is 50.8 Å². The first kappa shape index (κ1) is 20.8. The second-order valence-electron chi connectivity index (χ2n) is 7.92. The van der Waals surface area contributed by atoms with Crippen molar-refractivity contribution in [2.24, 2.45) is 16.3 Å². The van der Waals surface area contributed by atoms with E-state index >= 15 is 0 Å². The van der Waals surface area contributed by atoms with Crippen molar-refractivity contribution >= 4 is 5.96 Å². The van der Waals surface area contributed by atoms with Crippen LogP contribution in [0.15, 0.2) is 27.8 Å². The highest BCUT2D eigenvalue weighted by molar-refractivity contribution is 5.79. The molecule has 2 rings (SSSR count). The van der Waals surface area contributed by atoms with Crippen LogP contribution in [-0.2, 0) is 15.9 Å². The van der Waals surface area contributed by atoms with Gasteiger partial charge in [-0.1, -0.05) is 20.8 Å². The maximum absolute atomic E-state index is 6.07. The molecule has 6 heteroatoms. The molecule has 0 radical (unpaired) electrons. The summed E-state index contributed by atoms with van der Waals surface area (Å²) >= 11 is 0. The number of guanidine groups is 1. The lowest BCUT2D eigenvalue weighted by molar-refractivity contribution is -0.0823. The summed E-state index contributed by atoms with van der Waals surface area (Å²) in [4.78, 5) is 4.83. The minimum Gasteiger partial charge on any atom is -0.469 e. The third-order valence-electron chi connectivity index (χ3n) is 4.62. The molecule has 0 spiro atoms. The molecule has 2 heterocycles. The normalized spacial score (nSPS) is 21.6. The van der Waals surface area contributed by atoms with E-state index in [1.54, 1.807) is 13.4 Å². The van der Waals surface area contributed by atoms with Crippen molar-refractivity contribution in [3.05, 3.63) is 24.2 Å². The zero-order valence-corrected chi connectivity index (χ0v) is 16.7. The third kappa shape index (κ3) is 7.00. The summed E-state index contributed by atoms with van der Waals surface area (Å²) in [5.74, 6) is 2.25. The van der Waals surface area contributed by atoms with Crippen LogP contribution < -0.4 is 10.6 Å². The fourth-order valence-corrected chi connectivity index (χ4v) is 3.40. The van der Waals surface area contributed by atoms with Crippen LogP contribution in [0.4, 0.5) is 0 Å². The van der Waals surface area contributed by atoms with Crippen LogP contribution in [-0.4, -0.2) is 52.0 Å². The highest BCUT2D eigenvalue weighted by atomic mass is 16.5. The first-order valence-corrected chi connectivity index (χ1v) is 9.66. The second-order valence-corrected chi connectivity index (χ2v) is 7.92. The molecule has 0 aliphatic carbocycles. The lowest BCUT2D eigenvalue weighted by atomic mass is 9.78. The number of methoxy groups -OCH3 is 1. The van der Waals surface area contributed by atoms with Crippen molar-refractivity contribution in [2.75, 3.05) is 40.0 Å². The summed E-state index contributed by atoms with van der Waals surface area (Å²) in [6.07, 6.45) is 5.07. The first-order valence-electron chi connectivity index (χ1n) is 9.66. The summed E-state index contributed by atoms with van der Waals surface area (Å²) in [6.45, 7) is 10.5. The Labute approximate surface area is 157 Å². The number of hydrogen-bond donors (Lipinski definition) is 2. The Balaban J connectivity index is 1.91. The maximum atomic E-state index is 6.07. The molecular weight excluding hydrogens is 330 g/mol. The molecule has 0 amide bonds. The largest absolute Gasteiger partial charge is 0.469 e. The highest BCUT2D eigenvalue weighted by Crippen LogP contribution is 2.34. The van der Waals surface area contributed by atoms with E-state index in [4.69, 9.17) is 18.9 Å². The predicted octanol–water partition coefficient (Wildman–Crippen LogP) is 2.85. The van der Waals surface area contributed by atoms with Crippen LogP contribution >= 0.6 is 0 Å². The van der Waals surface area contributed by atoms with Gasteiger partial charge in [0.1, 0.15) is 5.76 Å². The molecule has 1 aliphatic heterocycles. The van der Waals surface area contributed by atoms with Crippen LogP contribution in [0.2, 0.25) is 0 Å². The van der Waals surface area contributed by atoms with Crippen LogP contribution in [0, 0.1) is 11.3 Å². The number of aliphatic imine (C=N–C) groups is 1. The Bertz CT molecular complexity index is 523. The molecule has 6 nitrogen and oxygen atoms in total. The number of furan rings is 1. The standard InChI is InChI=1S/C20H35N3O3/c1-20(2,3)18-16(7-5-13-26-18)15-23-19(22-11-14-24-4)21-10-9-17-8-6-12-25-17/h6,8,12,16,18H,5,7,9-11,13-15H2,1-4H3,(H2,21,22,23). The van der Waals surface area contributed by atoms with Crippen LogP contribution in [0.25, 0.3) is 0 Å². The molecule has 0 bridgehead atoms. The van der Waals surface area contributed by atoms with Gasteiger partial charge in [0.15, 0.2) is 5.96 Å². The molecule has 1 aromatic heterocycles. The van der Waals surface area contributed by atoms with Crippen molar-refractivity contribution in [1.82, 2.24) is 10.6 Å². The van der Waals surface area contributed by atoms with Gasteiger partial charge in [0.25, 0.3) is 0 Å². The lowest BCUT2D eigenvalue weighted by Crippen LogP contribution is -2.43. The van der Waals surface area contributed by atoms with Gasteiger partial charge in [0.05, 0.1) is 19.0 Å². The molecule has 0 aromatic carbocycles. The maximum Gasteiger partial charge on any atom is 0.191 e. The molecule has 1 saturated heterocycles.